The number of nitrogens with zero attached hydrogens (tertiary/aromatic N) is 3. The summed E-state index contributed by atoms with van der Waals surface area (Å²) in [6.45, 7) is 4.76. The first kappa shape index (κ1) is 11.7. The molecule has 1 heterocycles. The molecule has 2 fully saturated rings. The van der Waals surface area contributed by atoms with Crippen LogP contribution in [0, 0.1) is 5.92 Å². The van der Waals surface area contributed by atoms with Crippen LogP contribution in [0.4, 0.5) is 0 Å². The summed E-state index contributed by atoms with van der Waals surface area (Å²) < 4.78 is 0. The molecule has 1 aliphatic carbocycles. The lowest BCUT2D eigenvalue weighted by molar-refractivity contribution is 0.315. The summed E-state index contributed by atoms with van der Waals surface area (Å²) in [6, 6.07) is 1.44. The highest BCUT2D eigenvalue weighted by molar-refractivity contribution is 5.79. The minimum absolute atomic E-state index is 0.557. The molecule has 1 saturated heterocycles. The van der Waals surface area contributed by atoms with Crippen LogP contribution in [0.2, 0.25) is 0 Å². The third-order valence-electron chi connectivity index (χ3n) is 3.65. The van der Waals surface area contributed by atoms with E-state index in [1.165, 1.54) is 25.9 Å². The van der Waals surface area contributed by atoms with E-state index < -0.39 is 0 Å². The van der Waals surface area contributed by atoms with Gasteiger partial charge in [0.25, 0.3) is 0 Å². The normalized spacial score (nSPS) is 31.9. The highest BCUT2D eigenvalue weighted by Gasteiger charge is 2.38. The van der Waals surface area contributed by atoms with Gasteiger partial charge in [0.1, 0.15) is 0 Å². The molecule has 4 heteroatoms. The minimum Gasteiger partial charge on any atom is -0.352 e. The Morgan fingerprint density at radius 1 is 1.31 bits per heavy atom. The Morgan fingerprint density at radius 3 is 2.50 bits per heavy atom. The van der Waals surface area contributed by atoms with Crippen molar-refractivity contribution in [2.45, 2.75) is 31.8 Å². The van der Waals surface area contributed by atoms with E-state index in [1.54, 1.807) is 0 Å². The van der Waals surface area contributed by atoms with Crippen molar-refractivity contribution in [2.75, 3.05) is 34.2 Å². The number of likely N-dealkylation sites (tertiary alicyclic amines) is 1. The zero-order chi connectivity index (χ0) is 11.7. The zero-order valence-corrected chi connectivity index (χ0v) is 10.9. The van der Waals surface area contributed by atoms with Crippen molar-refractivity contribution in [2.24, 2.45) is 10.9 Å². The summed E-state index contributed by atoms with van der Waals surface area (Å²) in [5.74, 6) is 1.71. The molecule has 0 aromatic rings. The van der Waals surface area contributed by atoms with Gasteiger partial charge in [-0.05, 0) is 18.8 Å². The highest BCUT2D eigenvalue weighted by Crippen LogP contribution is 2.31. The molecule has 0 aromatic heterocycles. The third-order valence-corrected chi connectivity index (χ3v) is 3.65. The van der Waals surface area contributed by atoms with Gasteiger partial charge in [-0.2, -0.15) is 0 Å². The van der Waals surface area contributed by atoms with Gasteiger partial charge in [-0.15, -0.1) is 0 Å². The van der Waals surface area contributed by atoms with Gasteiger partial charge in [0.2, 0.25) is 0 Å². The standard InChI is InChI=1S/C12H24N4/c1-9-7-16(10-5-6-10)8-11(9)14-12(13-2)15(3)4/h9-11H,5-8H2,1-4H3,(H,13,14). The lowest BCUT2D eigenvalue weighted by Crippen LogP contribution is -2.46. The van der Waals surface area contributed by atoms with Crippen LogP contribution in [0.1, 0.15) is 19.8 Å². The van der Waals surface area contributed by atoms with Gasteiger partial charge in [-0.25, -0.2) is 0 Å². The SMILES string of the molecule is CN=C(NC1CN(C2CC2)CC1C)N(C)C. The molecule has 16 heavy (non-hydrogen) atoms. The summed E-state index contributed by atoms with van der Waals surface area (Å²) in [7, 11) is 5.92. The second-order valence-corrected chi connectivity index (χ2v) is 5.35. The van der Waals surface area contributed by atoms with Crippen LogP contribution in [-0.2, 0) is 0 Å². The summed E-state index contributed by atoms with van der Waals surface area (Å²) in [6.07, 6.45) is 2.81. The van der Waals surface area contributed by atoms with E-state index in [-0.39, 0.29) is 0 Å². The molecule has 1 aliphatic heterocycles. The van der Waals surface area contributed by atoms with E-state index in [9.17, 15) is 0 Å². The van der Waals surface area contributed by atoms with Crippen LogP contribution >= 0.6 is 0 Å². The second kappa shape index (κ2) is 4.62. The summed E-state index contributed by atoms with van der Waals surface area (Å²) in [5.41, 5.74) is 0. The maximum atomic E-state index is 4.28. The van der Waals surface area contributed by atoms with Crippen molar-refractivity contribution in [3.63, 3.8) is 0 Å². The summed E-state index contributed by atoms with van der Waals surface area (Å²) in [4.78, 5) is 8.96. The Hall–Kier alpha value is -0.770. The Balaban J connectivity index is 1.89. The molecule has 1 saturated carbocycles. The number of aliphatic imine (C=N–C) groups is 1. The maximum Gasteiger partial charge on any atom is 0.193 e. The van der Waals surface area contributed by atoms with Crippen molar-refractivity contribution in [1.82, 2.24) is 15.1 Å². The quantitative estimate of drug-likeness (QED) is 0.551. The zero-order valence-electron chi connectivity index (χ0n) is 10.9. The molecule has 4 nitrogen and oxygen atoms in total. The fourth-order valence-corrected chi connectivity index (χ4v) is 2.49. The van der Waals surface area contributed by atoms with Crippen molar-refractivity contribution in [3.8, 4) is 0 Å². The summed E-state index contributed by atoms with van der Waals surface area (Å²) >= 11 is 0. The molecule has 0 amide bonds. The first-order valence-electron chi connectivity index (χ1n) is 6.26. The van der Waals surface area contributed by atoms with Crippen LogP contribution in [-0.4, -0.2) is 62.1 Å². The van der Waals surface area contributed by atoms with Crippen molar-refractivity contribution >= 4 is 5.96 Å². The van der Waals surface area contributed by atoms with E-state index >= 15 is 0 Å². The molecule has 2 unspecified atom stereocenters. The lowest BCUT2D eigenvalue weighted by Gasteiger charge is -2.23. The molecule has 2 aliphatic rings. The molecule has 1 N–H and O–H groups in total. The van der Waals surface area contributed by atoms with Crippen molar-refractivity contribution < 1.29 is 0 Å². The fraction of sp³-hybridized carbons (Fsp3) is 0.917. The molecule has 0 bridgehead atoms. The number of hydrogen-bond acceptors (Lipinski definition) is 2. The molecule has 0 radical (unpaired) electrons. The van der Waals surface area contributed by atoms with E-state index in [0.29, 0.717) is 6.04 Å². The average Bonchev–Trinajstić information content (AvgIpc) is 3.00. The minimum atomic E-state index is 0.557. The largest absolute Gasteiger partial charge is 0.352 e. The van der Waals surface area contributed by atoms with E-state index in [4.69, 9.17) is 0 Å². The van der Waals surface area contributed by atoms with Gasteiger partial charge in [-0.1, -0.05) is 6.92 Å². The predicted octanol–water partition coefficient (Wildman–Crippen LogP) is 0.606. The van der Waals surface area contributed by atoms with Gasteiger partial charge in [-0.3, -0.25) is 9.89 Å². The van der Waals surface area contributed by atoms with E-state index in [2.05, 4.69) is 22.1 Å². The molecular formula is C12H24N4. The molecule has 0 spiro atoms. The molecular weight excluding hydrogens is 200 g/mol. The van der Waals surface area contributed by atoms with Crippen LogP contribution in [0.15, 0.2) is 4.99 Å². The van der Waals surface area contributed by atoms with Crippen LogP contribution in [0.3, 0.4) is 0 Å². The maximum absolute atomic E-state index is 4.28. The topological polar surface area (TPSA) is 30.9 Å². The van der Waals surface area contributed by atoms with Crippen LogP contribution < -0.4 is 5.32 Å². The lowest BCUT2D eigenvalue weighted by atomic mass is 10.1. The Morgan fingerprint density at radius 2 is 2.00 bits per heavy atom. The molecule has 92 valence electrons. The number of nitrogens with one attached hydrogen (secondary N) is 1. The molecule has 2 rings (SSSR count). The number of guanidine groups is 1. The Labute approximate surface area is 98.7 Å². The van der Waals surface area contributed by atoms with Crippen LogP contribution in [0.5, 0.6) is 0 Å². The monoisotopic (exact) mass is 224 g/mol. The van der Waals surface area contributed by atoms with Crippen molar-refractivity contribution in [1.29, 1.82) is 0 Å². The van der Waals surface area contributed by atoms with Gasteiger partial charge < -0.3 is 10.2 Å². The summed E-state index contributed by atoms with van der Waals surface area (Å²) in [5, 5.41) is 3.56. The first-order valence-corrected chi connectivity index (χ1v) is 6.26. The van der Waals surface area contributed by atoms with Crippen molar-refractivity contribution in [3.05, 3.63) is 0 Å². The average molecular weight is 224 g/mol. The van der Waals surface area contributed by atoms with E-state index in [0.717, 1.165) is 17.9 Å². The van der Waals surface area contributed by atoms with Gasteiger partial charge in [0, 0.05) is 46.3 Å². The molecule has 0 aromatic carbocycles. The number of hydrogen-bond donors (Lipinski definition) is 1. The van der Waals surface area contributed by atoms with Gasteiger partial charge in [0.05, 0.1) is 0 Å². The highest BCUT2D eigenvalue weighted by atomic mass is 15.3. The second-order valence-electron chi connectivity index (χ2n) is 5.35. The first-order chi connectivity index (χ1) is 7.61. The van der Waals surface area contributed by atoms with Gasteiger partial charge in [0.15, 0.2) is 5.96 Å². The Bertz CT molecular complexity index is 270. The Kier molecular flexibility index (Phi) is 3.38. The van der Waals surface area contributed by atoms with Gasteiger partial charge >= 0.3 is 0 Å². The smallest absolute Gasteiger partial charge is 0.193 e. The fourth-order valence-electron chi connectivity index (χ4n) is 2.49. The van der Waals surface area contributed by atoms with Crippen LogP contribution in [0.25, 0.3) is 0 Å². The number of rotatable bonds is 2. The van der Waals surface area contributed by atoms with E-state index in [1.807, 2.05) is 26.0 Å². The molecule has 2 atom stereocenters. The third kappa shape index (κ3) is 2.48. The predicted molar refractivity (Wildman–Crippen MR) is 67.7 cm³/mol.